The first-order valence-corrected chi connectivity index (χ1v) is 5.40. The van der Waals surface area contributed by atoms with Gasteiger partial charge in [-0.15, -0.1) is 0 Å². The van der Waals surface area contributed by atoms with Gasteiger partial charge >= 0.3 is 5.97 Å². The Morgan fingerprint density at radius 3 is 2.88 bits per heavy atom. The van der Waals surface area contributed by atoms with Crippen molar-refractivity contribution in [3.05, 3.63) is 23.8 Å². The Balaban J connectivity index is 2.77. The van der Waals surface area contributed by atoms with E-state index in [1.807, 2.05) is 6.07 Å². The van der Waals surface area contributed by atoms with Crippen LogP contribution in [0.3, 0.4) is 0 Å². The minimum atomic E-state index is -0.406. The molecule has 0 amide bonds. The van der Waals surface area contributed by atoms with Gasteiger partial charge in [-0.3, -0.25) is 0 Å². The number of methoxy groups -OCH3 is 1. The Bertz CT molecular complexity index is 364. The van der Waals surface area contributed by atoms with Crippen molar-refractivity contribution in [3.63, 3.8) is 0 Å². The largest absolute Gasteiger partial charge is 0.465 e. The number of carbonyl (C=O) groups excluding carboxylic acids is 1. The highest BCUT2D eigenvalue weighted by Gasteiger charge is 2.10. The number of hydrogen-bond donors (Lipinski definition) is 2. The summed E-state index contributed by atoms with van der Waals surface area (Å²) in [5.74, 6) is -0.406. The smallest absolute Gasteiger partial charge is 0.340 e. The van der Waals surface area contributed by atoms with E-state index in [-0.39, 0.29) is 0 Å². The van der Waals surface area contributed by atoms with E-state index in [1.54, 1.807) is 12.1 Å². The van der Waals surface area contributed by atoms with Gasteiger partial charge in [0.15, 0.2) is 0 Å². The first-order chi connectivity index (χ1) is 7.69. The molecule has 0 unspecified atom stereocenters. The van der Waals surface area contributed by atoms with Crippen LogP contribution >= 0.6 is 0 Å². The molecule has 0 atom stereocenters. The number of ether oxygens (including phenoxy) is 1. The monoisotopic (exact) mass is 222 g/mol. The summed E-state index contributed by atoms with van der Waals surface area (Å²) in [7, 11) is 1.35. The lowest BCUT2D eigenvalue weighted by Crippen LogP contribution is -2.07. The van der Waals surface area contributed by atoms with E-state index in [0.717, 1.165) is 25.1 Å². The van der Waals surface area contributed by atoms with Crippen molar-refractivity contribution in [1.29, 1.82) is 0 Å². The van der Waals surface area contributed by atoms with Crippen LogP contribution in [0, 0.1) is 0 Å². The van der Waals surface area contributed by atoms with Crippen LogP contribution in [0.1, 0.15) is 30.1 Å². The van der Waals surface area contributed by atoms with E-state index in [2.05, 4.69) is 17.0 Å². The average Bonchev–Trinajstić information content (AvgIpc) is 2.30. The predicted molar refractivity (Wildman–Crippen MR) is 65.6 cm³/mol. The molecule has 0 fully saturated rings. The Hall–Kier alpha value is -1.71. The summed E-state index contributed by atoms with van der Waals surface area (Å²) < 4.78 is 4.65. The molecule has 0 saturated heterocycles. The van der Waals surface area contributed by atoms with Gasteiger partial charge in [-0.1, -0.05) is 13.3 Å². The molecule has 0 bridgehead atoms. The maximum absolute atomic E-state index is 11.4. The lowest BCUT2D eigenvalue weighted by molar-refractivity contribution is 0.0602. The van der Waals surface area contributed by atoms with Crippen molar-refractivity contribution < 1.29 is 9.53 Å². The molecule has 0 aliphatic carbocycles. The second-order valence-corrected chi connectivity index (χ2v) is 3.57. The number of nitrogens with two attached hydrogens (primary N) is 1. The van der Waals surface area contributed by atoms with Gasteiger partial charge in [-0.05, 0) is 24.6 Å². The van der Waals surface area contributed by atoms with Crippen molar-refractivity contribution in [2.75, 3.05) is 24.7 Å². The number of rotatable bonds is 5. The van der Waals surface area contributed by atoms with E-state index in [1.165, 1.54) is 7.11 Å². The van der Waals surface area contributed by atoms with Crippen LogP contribution in [0.4, 0.5) is 11.4 Å². The predicted octanol–water partition coefficient (Wildman–Crippen LogP) is 2.27. The number of unbranched alkanes of at least 4 members (excludes halogenated alkanes) is 1. The Labute approximate surface area is 95.8 Å². The minimum absolute atomic E-state index is 0.406. The molecule has 88 valence electrons. The van der Waals surface area contributed by atoms with Gasteiger partial charge in [0, 0.05) is 17.9 Å². The molecular formula is C12H18N2O2. The third kappa shape index (κ3) is 3.15. The molecule has 0 heterocycles. The maximum Gasteiger partial charge on any atom is 0.340 e. The van der Waals surface area contributed by atoms with E-state index < -0.39 is 5.97 Å². The third-order valence-electron chi connectivity index (χ3n) is 2.32. The highest BCUT2D eigenvalue weighted by molar-refractivity contribution is 5.96. The van der Waals surface area contributed by atoms with Gasteiger partial charge in [0.05, 0.1) is 12.7 Å². The topological polar surface area (TPSA) is 64.3 Å². The van der Waals surface area contributed by atoms with Crippen LogP contribution in [-0.2, 0) is 4.74 Å². The molecule has 3 N–H and O–H groups in total. The van der Waals surface area contributed by atoms with Crippen LogP contribution in [0.2, 0.25) is 0 Å². The molecule has 4 heteroatoms. The molecule has 0 aromatic heterocycles. The van der Waals surface area contributed by atoms with E-state index in [9.17, 15) is 4.79 Å². The number of nitrogens with one attached hydrogen (secondary N) is 1. The average molecular weight is 222 g/mol. The van der Waals surface area contributed by atoms with Crippen LogP contribution < -0.4 is 11.1 Å². The van der Waals surface area contributed by atoms with Crippen LogP contribution in [0.15, 0.2) is 18.2 Å². The first-order valence-electron chi connectivity index (χ1n) is 5.40. The fourth-order valence-electron chi connectivity index (χ4n) is 1.36. The van der Waals surface area contributed by atoms with Crippen molar-refractivity contribution in [2.45, 2.75) is 19.8 Å². The van der Waals surface area contributed by atoms with Crippen molar-refractivity contribution in [2.24, 2.45) is 0 Å². The molecule has 0 aliphatic rings. The molecule has 1 rings (SSSR count). The number of esters is 1. The molecule has 0 saturated carbocycles. The Morgan fingerprint density at radius 1 is 1.50 bits per heavy atom. The van der Waals surface area contributed by atoms with Crippen molar-refractivity contribution in [3.8, 4) is 0 Å². The molecule has 0 aliphatic heterocycles. The van der Waals surface area contributed by atoms with Crippen LogP contribution in [-0.4, -0.2) is 19.6 Å². The summed E-state index contributed by atoms with van der Waals surface area (Å²) in [5, 5.41) is 3.23. The Morgan fingerprint density at radius 2 is 2.25 bits per heavy atom. The second kappa shape index (κ2) is 6.00. The quantitative estimate of drug-likeness (QED) is 0.455. The van der Waals surface area contributed by atoms with E-state index >= 15 is 0 Å². The maximum atomic E-state index is 11.4. The minimum Gasteiger partial charge on any atom is -0.465 e. The lowest BCUT2D eigenvalue weighted by atomic mass is 10.1. The standard InChI is InChI=1S/C12H18N2O2/c1-3-4-7-14-9-5-6-11(13)10(8-9)12(15)16-2/h5-6,8,14H,3-4,7,13H2,1-2H3. The van der Waals surface area contributed by atoms with Gasteiger partial charge < -0.3 is 15.8 Å². The van der Waals surface area contributed by atoms with Crippen LogP contribution in [0.25, 0.3) is 0 Å². The third-order valence-corrected chi connectivity index (χ3v) is 2.32. The van der Waals surface area contributed by atoms with E-state index in [0.29, 0.717) is 11.3 Å². The molecule has 4 nitrogen and oxygen atoms in total. The fraction of sp³-hybridized carbons (Fsp3) is 0.417. The zero-order valence-corrected chi connectivity index (χ0v) is 9.75. The Kier molecular flexibility index (Phi) is 4.64. The van der Waals surface area contributed by atoms with Gasteiger partial charge in [0.2, 0.25) is 0 Å². The molecule has 0 radical (unpaired) electrons. The molecule has 1 aromatic rings. The summed E-state index contributed by atoms with van der Waals surface area (Å²) in [6, 6.07) is 5.29. The fourth-order valence-corrected chi connectivity index (χ4v) is 1.36. The highest BCUT2D eigenvalue weighted by Crippen LogP contribution is 2.18. The second-order valence-electron chi connectivity index (χ2n) is 3.57. The van der Waals surface area contributed by atoms with Gasteiger partial charge in [0.25, 0.3) is 0 Å². The van der Waals surface area contributed by atoms with Crippen LogP contribution in [0.5, 0.6) is 0 Å². The summed E-state index contributed by atoms with van der Waals surface area (Å²) in [6.45, 7) is 3.02. The lowest BCUT2D eigenvalue weighted by Gasteiger charge is -2.09. The normalized spacial score (nSPS) is 9.88. The van der Waals surface area contributed by atoms with E-state index in [4.69, 9.17) is 5.73 Å². The van der Waals surface area contributed by atoms with Crippen molar-refractivity contribution >= 4 is 17.3 Å². The first kappa shape index (κ1) is 12.4. The van der Waals surface area contributed by atoms with Gasteiger partial charge in [-0.25, -0.2) is 4.79 Å². The number of anilines is 2. The number of carbonyl (C=O) groups is 1. The summed E-state index contributed by atoms with van der Waals surface area (Å²) in [4.78, 5) is 11.4. The SMILES string of the molecule is CCCCNc1ccc(N)c(C(=O)OC)c1. The molecule has 1 aromatic carbocycles. The summed E-state index contributed by atoms with van der Waals surface area (Å²) >= 11 is 0. The van der Waals surface area contributed by atoms with Gasteiger partial charge in [-0.2, -0.15) is 0 Å². The molecule has 16 heavy (non-hydrogen) atoms. The van der Waals surface area contributed by atoms with Crippen molar-refractivity contribution in [1.82, 2.24) is 0 Å². The summed E-state index contributed by atoms with van der Waals surface area (Å²) in [5.41, 5.74) is 7.43. The highest BCUT2D eigenvalue weighted by atomic mass is 16.5. The number of nitrogen functional groups attached to an aromatic ring is 1. The van der Waals surface area contributed by atoms with Gasteiger partial charge in [0.1, 0.15) is 0 Å². The number of benzene rings is 1. The number of hydrogen-bond acceptors (Lipinski definition) is 4. The summed E-state index contributed by atoms with van der Waals surface area (Å²) in [6.07, 6.45) is 2.23. The molecule has 0 spiro atoms. The zero-order chi connectivity index (χ0) is 12.0. The molecular weight excluding hydrogens is 204 g/mol. The zero-order valence-electron chi connectivity index (χ0n) is 9.75.